The fourth-order valence-corrected chi connectivity index (χ4v) is 2.33. The zero-order chi connectivity index (χ0) is 14.5. The zero-order valence-electron chi connectivity index (χ0n) is 11.4. The summed E-state index contributed by atoms with van der Waals surface area (Å²) < 4.78 is 4.40. The van der Waals surface area contributed by atoms with E-state index in [-0.39, 0.29) is 5.91 Å². The van der Waals surface area contributed by atoms with Gasteiger partial charge in [-0.25, -0.2) is 0 Å². The number of rotatable bonds is 5. The van der Waals surface area contributed by atoms with Gasteiger partial charge < -0.3 is 20.0 Å². The molecule has 6 heteroatoms. The van der Waals surface area contributed by atoms with Crippen molar-refractivity contribution < 1.29 is 24.2 Å². The number of esters is 1. The molecule has 0 spiro atoms. The third kappa shape index (κ3) is 4.22. The Balaban J connectivity index is 2.65. The average molecular weight is 270 g/mol. The minimum atomic E-state index is -1.47. The number of carboxylic acids is 1. The molecule has 1 aliphatic rings. The number of aliphatic carboxylic acids is 1. The highest BCUT2D eigenvalue weighted by Gasteiger charge is 2.35. The normalized spacial score (nSPS) is 19.3. The monoisotopic (exact) mass is 270 g/mol. The van der Waals surface area contributed by atoms with Gasteiger partial charge in [-0.05, 0) is 12.8 Å². The van der Waals surface area contributed by atoms with Crippen LogP contribution in [-0.4, -0.2) is 31.0 Å². The Morgan fingerprint density at radius 3 is 2.32 bits per heavy atom. The van der Waals surface area contributed by atoms with Gasteiger partial charge in [-0.15, -0.1) is 0 Å². The van der Waals surface area contributed by atoms with Crippen LogP contribution in [0.2, 0.25) is 0 Å². The van der Waals surface area contributed by atoms with Gasteiger partial charge in [0.2, 0.25) is 5.91 Å². The van der Waals surface area contributed by atoms with Gasteiger partial charge >= 0.3 is 5.97 Å². The van der Waals surface area contributed by atoms with Crippen molar-refractivity contribution in [1.29, 1.82) is 0 Å². The molecule has 0 aromatic carbocycles. The number of methoxy groups -OCH3 is 1. The predicted molar refractivity (Wildman–Crippen MR) is 64.8 cm³/mol. The van der Waals surface area contributed by atoms with E-state index in [9.17, 15) is 19.5 Å². The smallest absolute Gasteiger partial charge is 0.307 e. The summed E-state index contributed by atoms with van der Waals surface area (Å²) >= 11 is 0. The maximum Gasteiger partial charge on any atom is 0.307 e. The van der Waals surface area contributed by atoms with Crippen LogP contribution in [0.25, 0.3) is 0 Å². The number of nitrogens with one attached hydrogen (secondary N) is 1. The molecule has 1 rings (SSSR count). The second-order valence-electron chi connectivity index (χ2n) is 5.25. The van der Waals surface area contributed by atoms with Crippen molar-refractivity contribution in [3.05, 3.63) is 0 Å². The van der Waals surface area contributed by atoms with Crippen molar-refractivity contribution in [1.82, 2.24) is 5.32 Å². The van der Waals surface area contributed by atoms with E-state index >= 15 is 0 Å². The highest BCUT2D eigenvalue weighted by Crippen LogP contribution is 2.35. The molecule has 0 heterocycles. The first kappa shape index (κ1) is 15.5. The van der Waals surface area contributed by atoms with Crippen LogP contribution < -0.4 is 10.4 Å². The summed E-state index contributed by atoms with van der Waals surface area (Å²) in [5, 5.41) is 13.3. The van der Waals surface area contributed by atoms with Gasteiger partial charge in [-0.2, -0.15) is 0 Å². The van der Waals surface area contributed by atoms with Crippen molar-refractivity contribution >= 4 is 17.8 Å². The lowest BCUT2D eigenvalue weighted by Crippen LogP contribution is -2.53. The number of hydrogen-bond acceptors (Lipinski definition) is 5. The molecule has 0 aromatic heterocycles. The zero-order valence-corrected chi connectivity index (χ0v) is 11.4. The molecule has 0 aromatic rings. The van der Waals surface area contributed by atoms with Gasteiger partial charge in [-0.3, -0.25) is 9.59 Å². The van der Waals surface area contributed by atoms with Crippen LogP contribution in [-0.2, 0) is 19.1 Å². The molecule has 0 aliphatic heterocycles. The second kappa shape index (κ2) is 6.54. The lowest BCUT2D eigenvalue weighted by molar-refractivity contribution is -0.308. The minimum Gasteiger partial charge on any atom is -0.548 e. The van der Waals surface area contributed by atoms with E-state index in [2.05, 4.69) is 10.1 Å². The molecule has 1 amide bonds. The molecule has 1 atom stereocenters. The van der Waals surface area contributed by atoms with Crippen LogP contribution in [0, 0.1) is 5.41 Å². The Labute approximate surface area is 112 Å². The Morgan fingerprint density at radius 1 is 1.26 bits per heavy atom. The number of hydrogen-bond donors (Lipinski definition) is 1. The molecule has 0 radical (unpaired) electrons. The first-order valence-electron chi connectivity index (χ1n) is 6.48. The predicted octanol–water partition coefficient (Wildman–Crippen LogP) is -0.245. The molecule has 1 fully saturated rings. The average Bonchev–Trinajstić information content (AvgIpc) is 2.38. The van der Waals surface area contributed by atoms with Crippen LogP contribution in [0.1, 0.15) is 45.4 Å². The fraction of sp³-hybridized carbons (Fsp3) is 0.769. The largest absolute Gasteiger partial charge is 0.548 e. The Kier molecular flexibility index (Phi) is 5.32. The van der Waals surface area contributed by atoms with Gasteiger partial charge in [-0.1, -0.05) is 26.2 Å². The standard InChI is InChI=1S/C13H21NO5/c1-13(6-4-3-5-7-13)12(18)14-9(11(16)17)8-10(15)19-2/h9H,3-8H2,1-2H3,(H,14,18)(H,16,17)/p-1. The van der Waals surface area contributed by atoms with Gasteiger partial charge in [0, 0.05) is 5.41 Å². The molecule has 0 bridgehead atoms. The molecule has 6 nitrogen and oxygen atoms in total. The molecule has 1 aliphatic carbocycles. The molecule has 1 unspecified atom stereocenters. The number of amides is 1. The van der Waals surface area contributed by atoms with E-state index in [1.54, 1.807) is 0 Å². The molecule has 1 N–H and O–H groups in total. The van der Waals surface area contributed by atoms with Crippen LogP contribution in [0.4, 0.5) is 0 Å². The summed E-state index contributed by atoms with van der Waals surface area (Å²) in [4.78, 5) is 34.2. The molecule has 0 saturated heterocycles. The summed E-state index contributed by atoms with van der Waals surface area (Å²) in [5.41, 5.74) is -0.554. The Bertz CT molecular complexity index is 360. The van der Waals surface area contributed by atoms with Crippen molar-refractivity contribution in [2.75, 3.05) is 7.11 Å². The quantitative estimate of drug-likeness (QED) is 0.695. The highest BCUT2D eigenvalue weighted by atomic mass is 16.5. The van der Waals surface area contributed by atoms with Crippen LogP contribution in [0.5, 0.6) is 0 Å². The molecule has 19 heavy (non-hydrogen) atoms. The summed E-state index contributed by atoms with van der Waals surface area (Å²) in [6.07, 6.45) is 4.05. The Hall–Kier alpha value is -1.59. The summed E-state index contributed by atoms with van der Waals surface area (Å²) in [6, 6.07) is -1.33. The number of carbonyl (C=O) groups excluding carboxylic acids is 3. The van der Waals surface area contributed by atoms with Crippen LogP contribution >= 0.6 is 0 Å². The van der Waals surface area contributed by atoms with Gasteiger partial charge in [0.25, 0.3) is 0 Å². The molecular weight excluding hydrogens is 250 g/mol. The molecule has 108 valence electrons. The van der Waals surface area contributed by atoms with Crippen molar-refractivity contribution in [3.8, 4) is 0 Å². The first-order chi connectivity index (χ1) is 8.89. The van der Waals surface area contributed by atoms with Crippen LogP contribution in [0.15, 0.2) is 0 Å². The first-order valence-corrected chi connectivity index (χ1v) is 6.48. The fourth-order valence-electron chi connectivity index (χ4n) is 2.33. The molecular formula is C13H20NO5-. The third-order valence-electron chi connectivity index (χ3n) is 3.69. The summed E-state index contributed by atoms with van der Waals surface area (Å²) in [6.45, 7) is 1.83. The SMILES string of the molecule is COC(=O)CC(NC(=O)C1(C)CCCCC1)C(=O)[O-]. The van der Waals surface area contributed by atoms with Gasteiger partial charge in [0.15, 0.2) is 0 Å². The number of ether oxygens (including phenoxy) is 1. The van der Waals surface area contributed by atoms with E-state index in [0.717, 1.165) is 32.1 Å². The number of carbonyl (C=O) groups is 3. The van der Waals surface area contributed by atoms with Crippen LogP contribution in [0.3, 0.4) is 0 Å². The Morgan fingerprint density at radius 2 is 1.84 bits per heavy atom. The summed E-state index contributed by atoms with van der Waals surface area (Å²) in [7, 11) is 1.17. The van der Waals surface area contributed by atoms with E-state index in [1.165, 1.54) is 7.11 Å². The van der Waals surface area contributed by atoms with E-state index < -0.39 is 29.8 Å². The van der Waals surface area contributed by atoms with E-state index in [0.29, 0.717) is 0 Å². The van der Waals surface area contributed by atoms with Gasteiger partial charge in [0.05, 0.1) is 25.5 Å². The molecule has 1 saturated carbocycles. The minimum absolute atomic E-state index is 0.328. The lowest BCUT2D eigenvalue weighted by atomic mass is 9.75. The number of carboxylic acid groups (broad SMARTS) is 1. The van der Waals surface area contributed by atoms with Gasteiger partial charge in [0.1, 0.15) is 0 Å². The second-order valence-corrected chi connectivity index (χ2v) is 5.25. The summed E-state index contributed by atoms with van der Waals surface area (Å²) in [5.74, 6) is -2.49. The third-order valence-corrected chi connectivity index (χ3v) is 3.69. The van der Waals surface area contributed by atoms with E-state index in [4.69, 9.17) is 0 Å². The van der Waals surface area contributed by atoms with Crippen molar-refractivity contribution in [2.45, 2.75) is 51.5 Å². The van der Waals surface area contributed by atoms with Crippen molar-refractivity contribution in [2.24, 2.45) is 5.41 Å². The maximum atomic E-state index is 12.2. The van der Waals surface area contributed by atoms with E-state index in [1.807, 2.05) is 6.92 Å². The topological polar surface area (TPSA) is 95.5 Å². The van der Waals surface area contributed by atoms with Crippen molar-refractivity contribution in [3.63, 3.8) is 0 Å². The lowest BCUT2D eigenvalue weighted by Gasteiger charge is -2.33. The highest BCUT2D eigenvalue weighted by molar-refractivity contribution is 5.89. The maximum absolute atomic E-state index is 12.2.